The molecule has 100 valence electrons. The van der Waals surface area contributed by atoms with Crippen LogP contribution < -0.4 is 10.6 Å². The van der Waals surface area contributed by atoms with Crippen molar-refractivity contribution in [3.05, 3.63) is 28.8 Å². The maximum Gasteiger partial charge on any atom is 0.225 e. The van der Waals surface area contributed by atoms with Crippen LogP contribution in [0.15, 0.2) is 18.2 Å². The van der Waals surface area contributed by atoms with Crippen molar-refractivity contribution in [3.8, 4) is 0 Å². The summed E-state index contributed by atoms with van der Waals surface area (Å²) in [6, 6.07) is 5.87. The highest BCUT2D eigenvalue weighted by Gasteiger charge is 2.18. The Kier molecular flexibility index (Phi) is 5.93. The third-order valence-electron chi connectivity index (χ3n) is 3.14. The summed E-state index contributed by atoms with van der Waals surface area (Å²) in [6.45, 7) is 2.93. The average molecular weight is 289 g/mol. The van der Waals surface area contributed by atoms with Crippen LogP contribution in [0.25, 0.3) is 0 Å². The van der Waals surface area contributed by atoms with Crippen LogP contribution in [0.3, 0.4) is 0 Å². The fraction of sp³-hybridized carbons (Fsp3) is 0.462. The Morgan fingerprint density at radius 3 is 3.00 bits per heavy atom. The molecule has 18 heavy (non-hydrogen) atoms. The monoisotopic (exact) mass is 288 g/mol. The third kappa shape index (κ3) is 3.87. The van der Waals surface area contributed by atoms with E-state index in [-0.39, 0.29) is 18.3 Å². The van der Waals surface area contributed by atoms with Crippen molar-refractivity contribution in [2.75, 3.05) is 11.9 Å². The predicted octanol–water partition coefficient (Wildman–Crippen LogP) is 3.15. The largest absolute Gasteiger partial charge is 0.326 e. The van der Waals surface area contributed by atoms with Crippen LogP contribution in [-0.2, 0) is 4.79 Å². The zero-order valence-corrected chi connectivity index (χ0v) is 11.9. The van der Waals surface area contributed by atoms with Crippen LogP contribution in [0.1, 0.15) is 24.8 Å². The van der Waals surface area contributed by atoms with Crippen molar-refractivity contribution in [3.63, 3.8) is 0 Å². The van der Waals surface area contributed by atoms with E-state index in [1.807, 2.05) is 25.1 Å². The zero-order valence-electron chi connectivity index (χ0n) is 10.3. The van der Waals surface area contributed by atoms with Crippen LogP contribution in [0, 0.1) is 6.92 Å². The Hall–Kier alpha value is -0.770. The van der Waals surface area contributed by atoms with Crippen LogP contribution in [0.4, 0.5) is 5.69 Å². The van der Waals surface area contributed by atoms with Gasteiger partial charge in [0.05, 0.1) is 0 Å². The van der Waals surface area contributed by atoms with Crippen molar-refractivity contribution in [1.82, 2.24) is 5.32 Å². The number of benzene rings is 1. The van der Waals surface area contributed by atoms with Crippen molar-refractivity contribution >= 4 is 35.6 Å². The molecule has 1 unspecified atom stereocenters. The second-order valence-electron chi connectivity index (χ2n) is 4.46. The quantitative estimate of drug-likeness (QED) is 0.897. The van der Waals surface area contributed by atoms with Gasteiger partial charge in [-0.2, -0.15) is 0 Å². The van der Waals surface area contributed by atoms with Gasteiger partial charge in [0.2, 0.25) is 5.91 Å². The number of rotatable bonds is 3. The van der Waals surface area contributed by atoms with Gasteiger partial charge in [-0.25, -0.2) is 0 Å². The number of carbonyl (C=O) groups excluding carboxylic acids is 1. The first-order valence-electron chi connectivity index (χ1n) is 5.95. The van der Waals surface area contributed by atoms with Gasteiger partial charge in [-0.05, 0) is 44.0 Å². The number of hydrogen-bond donors (Lipinski definition) is 2. The summed E-state index contributed by atoms with van der Waals surface area (Å²) in [7, 11) is 0. The van der Waals surface area contributed by atoms with E-state index in [4.69, 9.17) is 11.6 Å². The van der Waals surface area contributed by atoms with E-state index < -0.39 is 0 Å². The first-order chi connectivity index (χ1) is 8.16. The molecule has 0 aliphatic carbocycles. The van der Waals surface area contributed by atoms with Crippen LogP contribution in [-0.4, -0.2) is 18.5 Å². The van der Waals surface area contributed by atoms with Crippen molar-refractivity contribution in [2.45, 2.75) is 32.2 Å². The minimum Gasteiger partial charge on any atom is -0.326 e. The molecule has 2 rings (SSSR count). The molecule has 1 aliphatic rings. The Morgan fingerprint density at radius 1 is 1.56 bits per heavy atom. The highest BCUT2D eigenvalue weighted by atomic mass is 35.5. The molecule has 1 amide bonds. The Bertz CT molecular complexity index is 417. The molecule has 2 N–H and O–H groups in total. The highest BCUT2D eigenvalue weighted by Crippen LogP contribution is 2.23. The van der Waals surface area contributed by atoms with Crippen molar-refractivity contribution in [1.29, 1.82) is 0 Å². The average Bonchev–Trinajstić information content (AvgIpc) is 2.77. The molecule has 1 aromatic rings. The number of anilines is 1. The van der Waals surface area contributed by atoms with Gasteiger partial charge < -0.3 is 10.6 Å². The van der Waals surface area contributed by atoms with E-state index >= 15 is 0 Å². The summed E-state index contributed by atoms with van der Waals surface area (Å²) < 4.78 is 0. The number of hydrogen-bond acceptors (Lipinski definition) is 2. The second kappa shape index (κ2) is 6.98. The molecule has 1 saturated heterocycles. The molecule has 1 aliphatic heterocycles. The van der Waals surface area contributed by atoms with Gasteiger partial charge >= 0.3 is 0 Å². The van der Waals surface area contributed by atoms with Crippen molar-refractivity contribution < 1.29 is 4.79 Å². The summed E-state index contributed by atoms with van der Waals surface area (Å²) in [4.78, 5) is 11.8. The first kappa shape index (κ1) is 15.3. The number of nitrogens with one attached hydrogen (secondary N) is 2. The summed E-state index contributed by atoms with van der Waals surface area (Å²) >= 11 is 6.00. The molecule has 0 aromatic heterocycles. The summed E-state index contributed by atoms with van der Waals surface area (Å²) in [5, 5.41) is 6.91. The van der Waals surface area contributed by atoms with Crippen LogP contribution >= 0.6 is 24.0 Å². The van der Waals surface area contributed by atoms with Gasteiger partial charge in [0.15, 0.2) is 0 Å². The van der Waals surface area contributed by atoms with Crippen LogP contribution in [0.5, 0.6) is 0 Å². The van der Waals surface area contributed by atoms with E-state index in [2.05, 4.69) is 10.6 Å². The van der Waals surface area contributed by atoms with Crippen molar-refractivity contribution in [2.24, 2.45) is 0 Å². The minimum absolute atomic E-state index is 0. The molecule has 1 atom stereocenters. The van der Waals surface area contributed by atoms with E-state index in [9.17, 15) is 4.79 Å². The fourth-order valence-corrected chi connectivity index (χ4v) is 2.27. The van der Waals surface area contributed by atoms with Gasteiger partial charge in [0, 0.05) is 23.2 Å². The van der Waals surface area contributed by atoms with Gasteiger partial charge in [-0.3, -0.25) is 4.79 Å². The number of carbonyl (C=O) groups is 1. The molecule has 1 heterocycles. The highest BCUT2D eigenvalue weighted by molar-refractivity contribution is 6.31. The molecule has 0 saturated carbocycles. The van der Waals surface area contributed by atoms with E-state index in [0.29, 0.717) is 17.5 Å². The third-order valence-corrected chi connectivity index (χ3v) is 3.55. The van der Waals surface area contributed by atoms with E-state index in [1.54, 1.807) is 0 Å². The predicted molar refractivity (Wildman–Crippen MR) is 77.7 cm³/mol. The lowest BCUT2D eigenvalue weighted by atomic mass is 10.1. The molecule has 0 bridgehead atoms. The van der Waals surface area contributed by atoms with Gasteiger partial charge in [-0.15, -0.1) is 12.4 Å². The molecule has 1 aromatic carbocycles. The topological polar surface area (TPSA) is 41.1 Å². The normalized spacial score (nSPS) is 18.2. The summed E-state index contributed by atoms with van der Waals surface area (Å²) in [6.07, 6.45) is 2.78. The SMILES string of the molecule is Cc1c(Cl)cccc1NC(=O)CC1CCCN1.Cl. The summed E-state index contributed by atoms with van der Waals surface area (Å²) in [5.41, 5.74) is 1.72. The van der Waals surface area contributed by atoms with E-state index in [1.165, 1.54) is 0 Å². The number of amides is 1. The first-order valence-corrected chi connectivity index (χ1v) is 6.33. The smallest absolute Gasteiger partial charge is 0.225 e. The maximum atomic E-state index is 11.8. The molecule has 1 fully saturated rings. The van der Waals surface area contributed by atoms with Gasteiger partial charge in [0.1, 0.15) is 0 Å². The lowest BCUT2D eigenvalue weighted by molar-refractivity contribution is -0.116. The zero-order chi connectivity index (χ0) is 12.3. The Balaban J connectivity index is 0.00000162. The molecule has 3 nitrogen and oxygen atoms in total. The molecule has 0 spiro atoms. The molecular weight excluding hydrogens is 271 g/mol. The van der Waals surface area contributed by atoms with Crippen LogP contribution in [0.2, 0.25) is 5.02 Å². The minimum atomic E-state index is 0. The van der Waals surface area contributed by atoms with Gasteiger partial charge in [0.25, 0.3) is 0 Å². The molecule has 0 radical (unpaired) electrons. The standard InChI is InChI=1S/C13H17ClN2O.ClH/c1-9-11(14)5-2-6-12(9)16-13(17)8-10-4-3-7-15-10;/h2,5-6,10,15H,3-4,7-8H2,1H3,(H,16,17);1H. The second-order valence-corrected chi connectivity index (χ2v) is 4.87. The van der Waals surface area contributed by atoms with E-state index in [0.717, 1.165) is 30.6 Å². The maximum absolute atomic E-state index is 11.8. The Morgan fingerprint density at radius 2 is 2.33 bits per heavy atom. The number of halogens is 2. The lowest BCUT2D eigenvalue weighted by Crippen LogP contribution is -2.27. The molecule has 5 heteroatoms. The molecular formula is C13H18Cl2N2O. The summed E-state index contributed by atoms with van der Waals surface area (Å²) in [5.74, 6) is 0.0507. The lowest BCUT2D eigenvalue weighted by Gasteiger charge is -2.12. The Labute approximate surface area is 119 Å². The fourth-order valence-electron chi connectivity index (χ4n) is 2.10. The van der Waals surface area contributed by atoms with Gasteiger partial charge in [-0.1, -0.05) is 17.7 Å².